The van der Waals surface area contributed by atoms with E-state index in [1.165, 1.54) is 59.9 Å². The number of rotatable bonds is 4. The van der Waals surface area contributed by atoms with E-state index >= 15 is 0 Å². The standard InChI is InChI=1S/C21H19F2N5O2S/c22-12-1-5-14(6-2-12)24-19(29)26-16-9-10-17-18(11-16)31-21(27-17)28-20(30)25-15-7-3-13(23)4-8-15/h1-8,16H,9-11H2,(H2,24,26,29)(H2,25,27,28,30). The Morgan fingerprint density at radius 1 is 0.871 bits per heavy atom. The summed E-state index contributed by atoms with van der Waals surface area (Å²) in [5.74, 6) is -0.750. The zero-order valence-corrected chi connectivity index (χ0v) is 17.1. The highest BCUT2D eigenvalue weighted by Gasteiger charge is 2.24. The van der Waals surface area contributed by atoms with Crippen molar-refractivity contribution in [2.45, 2.75) is 25.3 Å². The third-order valence-corrected chi connectivity index (χ3v) is 5.73. The quantitative estimate of drug-likeness (QED) is 0.469. The topological polar surface area (TPSA) is 95.2 Å². The third-order valence-electron chi connectivity index (χ3n) is 4.70. The Balaban J connectivity index is 1.30. The maximum Gasteiger partial charge on any atom is 0.325 e. The first kappa shape index (κ1) is 20.7. The van der Waals surface area contributed by atoms with E-state index in [9.17, 15) is 18.4 Å². The van der Waals surface area contributed by atoms with Crippen molar-refractivity contribution >= 4 is 39.9 Å². The molecule has 1 heterocycles. The maximum atomic E-state index is 13.0. The first-order valence-electron chi connectivity index (χ1n) is 9.60. The van der Waals surface area contributed by atoms with Crippen LogP contribution in [0.5, 0.6) is 0 Å². The highest BCUT2D eigenvalue weighted by atomic mass is 32.1. The molecular weight excluding hydrogens is 424 g/mol. The van der Waals surface area contributed by atoms with E-state index in [1.807, 2.05) is 0 Å². The Morgan fingerprint density at radius 2 is 1.45 bits per heavy atom. The summed E-state index contributed by atoms with van der Waals surface area (Å²) in [6.07, 6.45) is 1.99. The van der Waals surface area contributed by atoms with Crippen LogP contribution >= 0.6 is 11.3 Å². The van der Waals surface area contributed by atoms with Gasteiger partial charge in [0.2, 0.25) is 0 Å². The molecule has 0 saturated heterocycles. The molecule has 1 atom stereocenters. The van der Waals surface area contributed by atoms with Crippen LogP contribution in [0, 0.1) is 11.6 Å². The SMILES string of the molecule is O=C(Nc1ccc(F)cc1)Nc1nc2c(s1)CC(NC(=O)Nc1ccc(F)cc1)CC2. The minimum absolute atomic E-state index is 0.0747. The molecule has 2 aromatic carbocycles. The third kappa shape index (κ3) is 5.54. The van der Waals surface area contributed by atoms with Gasteiger partial charge in [-0.15, -0.1) is 11.3 Å². The van der Waals surface area contributed by atoms with Gasteiger partial charge in [-0.3, -0.25) is 5.32 Å². The second kappa shape index (κ2) is 9.09. The molecule has 1 aliphatic rings. The van der Waals surface area contributed by atoms with Crippen molar-refractivity contribution in [3.8, 4) is 0 Å². The van der Waals surface area contributed by atoms with Crippen LogP contribution < -0.4 is 21.3 Å². The number of hydrogen-bond acceptors (Lipinski definition) is 4. The van der Waals surface area contributed by atoms with E-state index in [4.69, 9.17) is 0 Å². The molecule has 3 aromatic rings. The van der Waals surface area contributed by atoms with Crippen molar-refractivity contribution in [3.63, 3.8) is 0 Å². The van der Waals surface area contributed by atoms with Gasteiger partial charge in [0.05, 0.1) is 5.69 Å². The van der Waals surface area contributed by atoms with Crippen molar-refractivity contribution in [2.24, 2.45) is 0 Å². The second-order valence-electron chi connectivity index (χ2n) is 7.02. The Hall–Kier alpha value is -3.53. The molecule has 0 radical (unpaired) electrons. The number of nitrogens with one attached hydrogen (secondary N) is 4. The molecule has 10 heteroatoms. The van der Waals surface area contributed by atoms with Gasteiger partial charge in [-0.05, 0) is 61.4 Å². The van der Waals surface area contributed by atoms with E-state index in [2.05, 4.69) is 26.3 Å². The average Bonchev–Trinajstić information content (AvgIpc) is 3.12. The average molecular weight is 443 g/mol. The Bertz CT molecular complexity index is 1090. The molecule has 160 valence electrons. The van der Waals surface area contributed by atoms with Crippen LogP contribution in [0.4, 0.5) is 34.9 Å². The maximum absolute atomic E-state index is 13.0. The number of anilines is 3. The number of aryl methyl sites for hydroxylation is 1. The monoisotopic (exact) mass is 443 g/mol. The molecule has 1 aliphatic carbocycles. The molecule has 0 aliphatic heterocycles. The van der Waals surface area contributed by atoms with Crippen LogP contribution in [0.15, 0.2) is 48.5 Å². The number of aromatic nitrogens is 1. The summed E-state index contributed by atoms with van der Waals surface area (Å²) < 4.78 is 25.9. The largest absolute Gasteiger partial charge is 0.335 e. The summed E-state index contributed by atoms with van der Waals surface area (Å²) in [6, 6.07) is 10.1. The smallest absolute Gasteiger partial charge is 0.325 e. The number of thiazole rings is 1. The molecule has 4 amide bonds. The summed E-state index contributed by atoms with van der Waals surface area (Å²) in [5, 5.41) is 11.4. The van der Waals surface area contributed by atoms with Gasteiger partial charge in [0.25, 0.3) is 0 Å². The van der Waals surface area contributed by atoms with E-state index in [1.54, 1.807) is 0 Å². The van der Waals surface area contributed by atoms with Gasteiger partial charge in [0.1, 0.15) is 11.6 Å². The number of halogens is 2. The van der Waals surface area contributed by atoms with Gasteiger partial charge in [0, 0.05) is 28.7 Å². The number of nitrogens with zero attached hydrogens (tertiary/aromatic N) is 1. The second-order valence-corrected chi connectivity index (χ2v) is 8.10. The van der Waals surface area contributed by atoms with Crippen LogP contribution in [0.2, 0.25) is 0 Å². The number of amides is 4. The van der Waals surface area contributed by atoms with Crippen LogP contribution in [0.3, 0.4) is 0 Å². The molecule has 31 heavy (non-hydrogen) atoms. The van der Waals surface area contributed by atoms with Gasteiger partial charge in [-0.25, -0.2) is 23.4 Å². The molecule has 0 bridgehead atoms. The molecule has 0 saturated carbocycles. The van der Waals surface area contributed by atoms with E-state index in [0.717, 1.165) is 17.0 Å². The molecule has 7 nitrogen and oxygen atoms in total. The van der Waals surface area contributed by atoms with Crippen LogP contribution in [0.1, 0.15) is 17.0 Å². The lowest BCUT2D eigenvalue weighted by Gasteiger charge is -2.22. The van der Waals surface area contributed by atoms with Crippen molar-refractivity contribution in [2.75, 3.05) is 16.0 Å². The summed E-state index contributed by atoms with van der Waals surface area (Å²) in [4.78, 5) is 29.8. The van der Waals surface area contributed by atoms with Gasteiger partial charge >= 0.3 is 12.1 Å². The van der Waals surface area contributed by atoms with Gasteiger partial charge in [0.15, 0.2) is 5.13 Å². The molecular formula is C21H19F2N5O2S. The van der Waals surface area contributed by atoms with Gasteiger partial charge in [-0.2, -0.15) is 0 Å². The number of benzene rings is 2. The highest BCUT2D eigenvalue weighted by molar-refractivity contribution is 7.15. The molecule has 1 aromatic heterocycles. The minimum Gasteiger partial charge on any atom is -0.335 e. The van der Waals surface area contributed by atoms with Crippen LogP contribution in [-0.4, -0.2) is 23.1 Å². The number of urea groups is 2. The van der Waals surface area contributed by atoms with Crippen molar-refractivity contribution in [3.05, 3.63) is 70.7 Å². The number of fused-ring (bicyclic) bond motifs is 1. The summed E-state index contributed by atoms with van der Waals surface area (Å²) >= 11 is 1.36. The zero-order chi connectivity index (χ0) is 21.8. The molecule has 4 N–H and O–H groups in total. The van der Waals surface area contributed by atoms with Crippen LogP contribution in [-0.2, 0) is 12.8 Å². The Labute approximate surface area is 180 Å². The van der Waals surface area contributed by atoms with Gasteiger partial charge < -0.3 is 16.0 Å². The first-order chi connectivity index (χ1) is 14.9. The Kier molecular flexibility index (Phi) is 6.08. The number of hydrogen-bond donors (Lipinski definition) is 4. The highest BCUT2D eigenvalue weighted by Crippen LogP contribution is 2.30. The fourth-order valence-corrected chi connectivity index (χ4v) is 4.31. The van der Waals surface area contributed by atoms with E-state index in [0.29, 0.717) is 29.3 Å². The first-order valence-corrected chi connectivity index (χ1v) is 10.4. The normalized spacial score (nSPS) is 15.0. The van der Waals surface area contributed by atoms with Gasteiger partial charge in [-0.1, -0.05) is 0 Å². The van der Waals surface area contributed by atoms with Crippen molar-refractivity contribution in [1.82, 2.24) is 10.3 Å². The summed E-state index contributed by atoms with van der Waals surface area (Å²) in [6.45, 7) is 0. The predicted octanol–water partition coefficient (Wildman–Crippen LogP) is 4.74. The number of carbonyl (C=O) groups is 2. The summed E-state index contributed by atoms with van der Waals surface area (Å²) in [5.41, 5.74) is 1.88. The minimum atomic E-state index is -0.467. The lowest BCUT2D eigenvalue weighted by molar-refractivity contribution is 0.247. The fraction of sp³-hybridized carbons (Fsp3) is 0.190. The molecule has 0 fully saturated rings. The molecule has 1 unspecified atom stereocenters. The lowest BCUT2D eigenvalue weighted by Crippen LogP contribution is -2.41. The summed E-state index contributed by atoms with van der Waals surface area (Å²) in [7, 11) is 0. The van der Waals surface area contributed by atoms with E-state index in [-0.39, 0.29) is 23.7 Å². The lowest BCUT2D eigenvalue weighted by atomic mass is 9.98. The Morgan fingerprint density at radius 3 is 2.06 bits per heavy atom. The zero-order valence-electron chi connectivity index (χ0n) is 16.2. The molecule has 4 rings (SSSR count). The van der Waals surface area contributed by atoms with Crippen molar-refractivity contribution in [1.29, 1.82) is 0 Å². The van der Waals surface area contributed by atoms with Crippen molar-refractivity contribution < 1.29 is 18.4 Å². The van der Waals surface area contributed by atoms with E-state index < -0.39 is 6.03 Å². The molecule has 0 spiro atoms. The van der Waals surface area contributed by atoms with Crippen LogP contribution in [0.25, 0.3) is 0 Å². The fourth-order valence-electron chi connectivity index (χ4n) is 3.23. The number of carbonyl (C=O) groups excluding carboxylic acids is 2. The predicted molar refractivity (Wildman–Crippen MR) is 116 cm³/mol.